The van der Waals surface area contributed by atoms with Gasteiger partial charge in [-0.05, 0) is 29.9 Å². The van der Waals surface area contributed by atoms with Gasteiger partial charge in [0.15, 0.2) is 0 Å². The topological polar surface area (TPSA) is 20.3 Å². The van der Waals surface area contributed by atoms with E-state index in [-0.39, 0.29) is 5.91 Å². The summed E-state index contributed by atoms with van der Waals surface area (Å²) in [5.74, 6) is 0.0220. The summed E-state index contributed by atoms with van der Waals surface area (Å²) in [7, 11) is 0. The summed E-state index contributed by atoms with van der Waals surface area (Å²) in [4.78, 5) is 15.8. The average Bonchev–Trinajstić information content (AvgIpc) is 3.21. The first-order chi connectivity index (χ1) is 9.75. The minimum Gasteiger partial charge on any atom is -0.333 e. The summed E-state index contributed by atoms with van der Waals surface area (Å²) in [5.41, 5.74) is 0.871. The maximum Gasteiger partial charge on any atom is 0.245 e. The van der Waals surface area contributed by atoms with Crippen LogP contribution in [0.15, 0.2) is 47.8 Å². The minimum atomic E-state index is -0.586. The van der Waals surface area contributed by atoms with Gasteiger partial charge in [-0.2, -0.15) is 0 Å². The molecule has 1 aliphatic rings. The minimum absolute atomic E-state index is 0.0220. The molecule has 0 saturated heterocycles. The highest BCUT2D eigenvalue weighted by Gasteiger charge is 2.35. The second-order valence-corrected chi connectivity index (χ2v) is 6.52. The fourth-order valence-corrected chi connectivity index (χ4v) is 3.23. The van der Waals surface area contributed by atoms with Gasteiger partial charge in [0, 0.05) is 10.9 Å². The summed E-state index contributed by atoms with van der Waals surface area (Å²) < 4.78 is 0. The van der Waals surface area contributed by atoms with E-state index in [0.29, 0.717) is 12.6 Å². The van der Waals surface area contributed by atoms with Crippen molar-refractivity contribution in [3.63, 3.8) is 0 Å². The third-order valence-electron chi connectivity index (χ3n) is 3.49. The van der Waals surface area contributed by atoms with Gasteiger partial charge in [-0.3, -0.25) is 4.79 Å². The fraction of sp³-hybridized carbons (Fsp3) is 0.312. The van der Waals surface area contributed by atoms with Crippen molar-refractivity contribution in [2.24, 2.45) is 0 Å². The molecular weight excluding hydrogens is 290 g/mol. The van der Waals surface area contributed by atoms with Gasteiger partial charge < -0.3 is 4.90 Å². The molecule has 1 fully saturated rings. The van der Waals surface area contributed by atoms with Crippen molar-refractivity contribution in [1.82, 2.24) is 4.90 Å². The molecule has 0 spiro atoms. The SMILES string of the molecule is O=C(C(Cl)c1ccccc1)N(Cc1cccs1)C1CC1. The van der Waals surface area contributed by atoms with E-state index in [1.807, 2.05) is 46.7 Å². The zero-order valence-corrected chi connectivity index (χ0v) is 12.6. The zero-order valence-electron chi connectivity index (χ0n) is 11.0. The lowest BCUT2D eigenvalue weighted by Gasteiger charge is -2.24. The van der Waals surface area contributed by atoms with Gasteiger partial charge in [0.05, 0.1) is 6.54 Å². The maximum absolute atomic E-state index is 12.6. The Hall–Kier alpha value is -1.32. The highest BCUT2D eigenvalue weighted by atomic mass is 35.5. The van der Waals surface area contributed by atoms with Crippen LogP contribution in [-0.2, 0) is 11.3 Å². The van der Waals surface area contributed by atoms with Crippen LogP contribution < -0.4 is 0 Å². The van der Waals surface area contributed by atoms with Crippen LogP contribution in [0.1, 0.15) is 28.7 Å². The molecule has 4 heteroatoms. The van der Waals surface area contributed by atoms with Crippen molar-refractivity contribution in [3.05, 3.63) is 58.3 Å². The van der Waals surface area contributed by atoms with E-state index in [1.165, 1.54) is 4.88 Å². The first kappa shape index (κ1) is 13.7. The van der Waals surface area contributed by atoms with E-state index < -0.39 is 5.38 Å². The molecule has 104 valence electrons. The molecule has 3 rings (SSSR count). The van der Waals surface area contributed by atoms with Crippen molar-refractivity contribution in [3.8, 4) is 0 Å². The second kappa shape index (κ2) is 5.98. The summed E-state index contributed by atoms with van der Waals surface area (Å²) in [5, 5.41) is 1.46. The number of carbonyl (C=O) groups is 1. The molecule has 1 saturated carbocycles. The highest BCUT2D eigenvalue weighted by molar-refractivity contribution is 7.09. The molecule has 0 bridgehead atoms. The number of thiophene rings is 1. The summed E-state index contributed by atoms with van der Waals surface area (Å²) >= 11 is 8.06. The van der Waals surface area contributed by atoms with E-state index in [4.69, 9.17) is 11.6 Å². The Labute approximate surface area is 128 Å². The second-order valence-electron chi connectivity index (χ2n) is 5.05. The Bertz CT molecular complexity index is 565. The first-order valence-electron chi connectivity index (χ1n) is 6.77. The smallest absolute Gasteiger partial charge is 0.245 e. The Kier molecular flexibility index (Phi) is 4.08. The highest BCUT2D eigenvalue weighted by Crippen LogP contribution is 2.33. The molecule has 0 N–H and O–H groups in total. The van der Waals surface area contributed by atoms with Crippen molar-refractivity contribution in [2.75, 3.05) is 0 Å². The van der Waals surface area contributed by atoms with Crippen LogP contribution in [0.3, 0.4) is 0 Å². The number of alkyl halides is 1. The van der Waals surface area contributed by atoms with Gasteiger partial charge in [-0.1, -0.05) is 36.4 Å². The molecule has 0 radical (unpaired) electrons. The first-order valence-corrected chi connectivity index (χ1v) is 8.09. The van der Waals surface area contributed by atoms with Crippen molar-refractivity contribution in [2.45, 2.75) is 30.8 Å². The monoisotopic (exact) mass is 305 g/mol. The lowest BCUT2D eigenvalue weighted by atomic mass is 10.1. The standard InChI is InChI=1S/C16H16ClNOS/c17-15(12-5-2-1-3-6-12)16(19)18(13-8-9-13)11-14-7-4-10-20-14/h1-7,10,13,15H,8-9,11H2. The summed E-state index contributed by atoms with van der Waals surface area (Å²) in [6.45, 7) is 0.678. The Morgan fingerprint density at radius 1 is 1.25 bits per heavy atom. The normalized spacial score (nSPS) is 15.8. The summed E-state index contributed by atoms with van der Waals surface area (Å²) in [6, 6.07) is 14.0. The van der Waals surface area contributed by atoms with E-state index in [0.717, 1.165) is 18.4 Å². The van der Waals surface area contributed by atoms with Crippen molar-refractivity contribution < 1.29 is 4.79 Å². The maximum atomic E-state index is 12.6. The average molecular weight is 306 g/mol. The molecule has 0 aliphatic heterocycles. The number of benzene rings is 1. The molecular formula is C16H16ClNOS. The van der Waals surface area contributed by atoms with Crippen molar-refractivity contribution in [1.29, 1.82) is 0 Å². The fourth-order valence-electron chi connectivity index (χ4n) is 2.25. The lowest BCUT2D eigenvalue weighted by molar-refractivity contribution is -0.132. The largest absolute Gasteiger partial charge is 0.333 e. The van der Waals surface area contributed by atoms with Crippen LogP contribution in [0.2, 0.25) is 0 Å². The van der Waals surface area contributed by atoms with Gasteiger partial charge in [0.25, 0.3) is 0 Å². The van der Waals surface area contributed by atoms with Gasteiger partial charge in [0.1, 0.15) is 5.38 Å². The van der Waals surface area contributed by atoms with Gasteiger partial charge in [-0.25, -0.2) is 0 Å². The predicted molar refractivity (Wildman–Crippen MR) is 82.9 cm³/mol. The molecule has 1 aromatic carbocycles. The van der Waals surface area contributed by atoms with Crippen LogP contribution >= 0.6 is 22.9 Å². The molecule has 1 amide bonds. The van der Waals surface area contributed by atoms with Crippen LogP contribution in [0, 0.1) is 0 Å². The van der Waals surface area contributed by atoms with Gasteiger partial charge in [-0.15, -0.1) is 22.9 Å². The van der Waals surface area contributed by atoms with E-state index in [9.17, 15) is 4.79 Å². The van der Waals surface area contributed by atoms with Crippen LogP contribution in [0.5, 0.6) is 0 Å². The molecule has 1 atom stereocenters. The quantitative estimate of drug-likeness (QED) is 0.757. The summed E-state index contributed by atoms with van der Waals surface area (Å²) in [6.07, 6.45) is 2.19. The van der Waals surface area contributed by atoms with E-state index >= 15 is 0 Å². The molecule has 20 heavy (non-hydrogen) atoms. The predicted octanol–water partition coefficient (Wildman–Crippen LogP) is 4.22. The van der Waals surface area contributed by atoms with Crippen LogP contribution in [-0.4, -0.2) is 16.8 Å². The lowest BCUT2D eigenvalue weighted by Crippen LogP contribution is -2.34. The third kappa shape index (κ3) is 3.05. The molecule has 1 aromatic heterocycles. The van der Waals surface area contributed by atoms with Crippen LogP contribution in [0.25, 0.3) is 0 Å². The number of hydrogen-bond acceptors (Lipinski definition) is 2. The molecule has 1 aliphatic carbocycles. The third-order valence-corrected chi connectivity index (χ3v) is 4.79. The Morgan fingerprint density at radius 2 is 2.00 bits per heavy atom. The Balaban J connectivity index is 1.75. The number of carbonyl (C=O) groups excluding carboxylic acids is 1. The number of hydrogen-bond donors (Lipinski definition) is 0. The van der Waals surface area contributed by atoms with Gasteiger partial charge >= 0.3 is 0 Å². The van der Waals surface area contributed by atoms with Crippen molar-refractivity contribution >= 4 is 28.8 Å². The number of nitrogens with zero attached hydrogens (tertiary/aromatic N) is 1. The number of halogens is 1. The molecule has 2 aromatic rings. The zero-order chi connectivity index (χ0) is 13.9. The number of amides is 1. The Morgan fingerprint density at radius 3 is 2.60 bits per heavy atom. The number of rotatable bonds is 5. The van der Waals surface area contributed by atoms with E-state index in [1.54, 1.807) is 11.3 Å². The van der Waals surface area contributed by atoms with Crippen LogP contribution in [0.4, 0.5) is 0 Å². The molecule has 1 heterocycles. The molecule has 2 nitrogen and oxygen atoms in total. The van der Waals surface area contributed by atoms with Gasteiger partial charge in [0.2, 0.25) is 5.91 Å². The molecule has 1 unspecified atom stereocenters. The van der Waals surface area contributed by atoms with E-state index in [2.05, 4.69) is 6.07 Å².